The minimum absolute atomic E-state index is 1.08. The Kier molecular flexibility index (Phi) is 8.54. The molecule has 0 aromatic carbocycles. The normalized spacial score (nSPS) is 17.8. The Bertz CT molecular complexity index is 192. The second-order valence-electron chi connectivity index (χ2n) is 5.45. The number of piperazine rings is 1. The smallest absolute Gasteiger partial charge is 0.0110 e. The minimum Gasteiger partial charge on any atom is -0.314 e. The van der Waals surface area contributed by atoms with Crippen molar-refractivity contribution in [3.05, 3.63) is 0 Å². The van der Waals surface area contributed by atoms with Crippen molar-refractivity contribution in [2.24, 2.45) is 0 Å². The second kappa shape index (κ2) is 9.69. The zero-order chi connectivity index (χ0) is 13.2. The summed E-state index contributed by atoms with van der Waals surface area (Å²) < 4.78 is 0. The number of hydrogen-bond donors (Lipinski definition) is 2. The first-order valence-electron chi connectivity index (χ1n) is 7.15. The highest BCUT2D eigenvalue weighted by Gasteiger charge is 2.09. The van der Waals surface area contributed by atoms with Crippen molar-refractivity contribution in [2.45, 2.75) is 0 Å². The molecule has 1 saturated heterocycles. The van der Waals surface area contributed by atoms with Crippen LogP contribution in [0.2, 0.25) is 0 Å². The third kappa shape index (κ3) is 8.00. The summed E-state index contributed by atoms with van der Waals surface area (Å²) in [7, 11) is 6.44. The molecule has 2 N–H and O–H groups in total. The van der Waals surface area contributed by atoms with Crippen LogP contribution in [0.1, 0.15) is 0 Å². The molecule has 0 saturated carbocycles. The van der Waals surface area contributed by atoms with Crippen molar-refractivity contribution in [2.75, 3.05) is 86.6 Å². The summed E-state index contributed by atoms with van der Waals surface area (Å²) in [5.41, 5.74) is 0. The highest BCUT2D eigenvalue weighted by Crippen LogP contribution is 1.92. The first-order valence-corrected chi connectivity index (χ1v) is 7.15. The predicted octanol–water partition coefficient (Wildman–Crippen LogP) is -1.03. The molecule has 0 radical (unpaired) electrons. The van der Waals surface area contributed by atoms with Crippen molar-refractivity contribution in [3.8, 4) is 0 Å². The van der Waals surface area contributed by atoms with E-state index in [-0.39, 0.29) is 0 Å². The molecule has 18 heavy (non-hydrogen) atoms. The van der Waals surface area contributed by atoms with E-state index in [1.54, 1.807) is 0 Å². The van der Waals surface area contributed by atoms with Crippen LogP contribution in [0.3, 0.4) is 0 Å². The zero-order valence-corrected chi connectivity index (χ0v) is 12.4. The van der Waals surface area contributed by atoms with E-state index >= 15 is 0 Å². The number of nitrogens with one attached hydrogen (secondary N) is 2. The molecule has 0 spiro atoms. The van der Waals surface area contributed by atoms with E-state index in [2.05, 4.69) is 46.5 Å². The average Bonchev–Trinajstić information content (AvgIpc) is 2.37. The minimum atomic E-state index is 1.08. The van der Waals surface area contributed by atoms with Gasteiger partial charge in [0, 0.05) is 65.4 Å². The fraction of sp³-hybridized carbons (Fsp3) is 1.00. The molecule has 108 valence electrons. The lowest BCUT2D eigenvalue weighted by molar-refractivity contribution is 0.205. The summed E-state index contributed by atoms with van der Waals surface area (Å²) in [5.74, 6) is 0. The van der Waals surface area contributed by atoms with Gasteiger partial charge in [0.1, 0.15) is 0 Å². The molecule has 5 nitrogen and oxygen atoms in total. The molecular weight excluding hydrogens is 226 g/mol. The average molecular weight is 257 g/mol. The number of nitrogens with zero attached hydrogens (tertiary/aromatic N) is 3. The Labute approximate surface area is 112 Å². The molecule has 0 aliphatic carbocycles. The summed E-state index contributed by atoms with van der Waals surface area (Å²) in [4.78, 5) is 7.18. The largest absolute Gasteiger partial charge is 0.314 e. The van der Waals surface area contributed by atoms with E-state index in [0.29, 0.717) is 0 Å². The lowest BCUT2D eigenvalue weighted by Crippen LogP contribution is -2.46. The first kappa shape index (κ1) is 15.9. The van der Waals surface area contributed by atoms with E-state index in [1.165, 1.54) is 26.2 Å². The molecule has 0 aromatic rings. The first-order chi connectivity index (χ1) is 8.68. The zero-order valence-electron chi connectivity index (χ0n) is 12.4. The van der Waals surface area contributed by atoms with Crippen LogP contribution < -0.4 is 10.6 Å². The van der Waals surface area contributed by atoms with Gasteiger partial charge in [0.05, 0.1) is 0 Å². The summed E-state index contributed by atoms with van der Waals surface area (Å²) in [6, 6.07) is 0. The molecule has 0 bridgehead atoms. The van der Waals surface area contributed by atoms with Crippen molar-refractivity contribution < 1.29 is 0 Å². The van der Waals surface area contributed by atoms with Gasteiger partial charge in [-0.1, -0.05) is 0 Å². The molecular formula is C13H31N5. The van der Waals surface area contributed by atoms with Gasteiger partial charge in [0.15, 0.2) is 0 Å². The van der Waals surface area contributed by atoms with Gasteiger partial charge < -0.3 is 20.4 Å². The van der Waals surface area contributed by atoms with Crippen LogP contribution >= 0.6 is 0 Å². The molecule has 1 aliphatic rings. The van der Waals surface area contributed by atoms with Crippen LogP contribution in [0, 0.1) is 0 Å². The lowest BCUT2D eigenvalue weighted by Gasteiger charge is -2.29. The number of likely N-dealkylation sites (N-methyl/N-ethyl adjacent to an activating group) is 2. The van der Waals surface area contributed by atoms with Gasteiger partial charge in [-0.25, -0.2) is 0 Å². The highest BCUT2D eigenvalue weighted by atomic mass is 15.2. The van der Waals surface area contributed by atoms with Crippen LogP contribution in [-0.2, 0) is 0 Å². The van der Waals surface area contributed by atoms with Gasteiger partial charge in [-0.05, 0) is 21.1 Å². The Balaban J connectivity index is 1.91. The highest BCUT2D eigenvalue weighted by molar-refractivity contribution is 4.68. The summed E-state index contributed by atoms with van der Waals surface area (Å²) >= 11 is 0. The summed E-state index contributed by atoms with van der Waals surface area (Å²) in [6.45, 7) is 11.5. The third-order valence-electron chi connectivity index (χ3n) is 3.41. The van der Waals surface area contributed by atoms with E-state index in [4.69, 9.17) is 0 Å². The van der Waals surface area contributed by atoms with Crippen molar-refractivity contribution >= 4 is 0 Å². The Morgan fingerprint density at radius 1 is 1.00 bits per heavy atom. The van der Waals surface area contributed by atoms with Crippen LogP contribution in [0.5, 0.6) is 0 Å². The van der Waals surface area contributed by atoms with Crippen molar-refractivity contribution in [1.82, 2.24) is 25.3 Å². The fourth-order valence-electron chi connectivity index (χ4n) is 2.06. The Morgan fingerprint density at radius 3 is 2.33 bits per heavy atom. The van der Waals surface area contributed by atoms with Crippen LogP contribution in [0.4, 0.5) is 0 Å². The SMILES string of the molecule is CN(C)CCNCCN(C)CCN1CCNCC1. The Hall–Kier alpha value is -0.200. The Morgan fingerprint density at radius 2 is 1.67 bits per heavy atom. The van der Waals surface area contributed by atoms with Gasteiger partial charge >= 0.3 is 0 Å². The number of hydrogen-bond acceptors (Lipinski definition) is 5. The summed E-state index contributed by atoms with van der Waals surface area (Å²) in [6.07, 6.45) is 0. The van der Waals surface area contributed by atoms with Gasteiger partial charge in [-0.2, -0.15) is 0 Å². The standard InChI is InChI=1S/C13H31N5/c1-16(2)8-4-14-5-9-17(3)12-13-18-10-6-15-7-11-18/h14-15H,4-13H2,1-3H3. The second-order valence-corrected chi connectivity index (χ2v) is 5.45. The third-order valence-corrected chi connectivity index (χ3v) is 3.41. The van der Waals surface area contributed by atoms with Gasteiger partial charge in [0.25, 0.3) is 0 Å². The van der Waals surface area contributed by atoms with Crippen LogP contribution in [0.25, 0.3) is 0 Å². The monoisotopic (exact) mass is 257 g/mol. The van der Waals surface area contributed by atoms with Crippen molar-refractivity contribution in [1.29, 1.82) is 0 Å². The van der Waals surface area contributed by atoms with Crippen molar-refractivity contribution in [3.63, 3.8) is 0 Å². The van der Waals surface area contributed by atoms with Crippen LogP contribution in [-0.4, -0.2) is 101 Å². The molecule has 1 aliphatic heterocycles. The maximum Gasteiger partial charge on any atom is 0.0110 e. The predicted molar refractivity (Wildman–Crippen MR) is 78.2 cm³/mol. The van der Waals surface area contributed by atoms with E-state index < -0.39 is 0 Å². The molecule has 5 heteroatoms. The molecule has 0 amide bonds. The maximum absolute atomic E-state index is 3.48. The lowest BCUT2D eigenvalue weighted by atomic mass is 10.3. The van der Waals surface area contributed by atoms with E-state index in [1.807, 2.05) is 0 Å². The molecule has 0 aromatic heterocycles. The molecule has 0 unspecified atom stereocenters. The fourth-order valence-corrected chi connectivity index (χ4v) is 2.06. The number of rotatable bonds is 9. The quantitative estimate of drug-likeness (QED) is 0.517. The topological polar surface area (TPSA) is 33.8 Å². The van der Waals surface area contributed by atoms with Gasteiger partial charge in [0.2, 0.25) is 0 Å². The van der Waals surface area contributed by atoms with E-state index in [9.17, 15) is 0 Å². The molecule has 1 fully saturated rings. The van der Waals surface area contributed by atoms with Gasteiger partial charge in [-0.15, -0.1) is 0 Å². The molecule has 0 atom stereocenters. The summed E-state index contributed by atoms with van der Waals surface area (Å²) in [5, 5.41) is 6.87. The van der Waals surface area contributed by atoms with Gasteiger partial charge in [-0.3, -0.25) is 4.90 Å². The maximum atomic E-state index is 3.48. The molecule has 1 rings (SSSR count). The van der Waals surface area contributed by atoms with Crippen LogP contribution in [0.15, 0.2) is 0 Å². The van der Waals surface area contributed by atoms with E-state index in [0.717, 1.165) is 39.3 Å². The molecule has 1 heterocycles.